The molecule has 8 heteroatoms. The minimum Gasteiger partial charge on any atom is -0.385 e. The fraction of sp³-hybridized carbons (Fsp3) is 0.304. The number of carbonyl (C=O) groups excluding carboxylic acids is 1. The van der Waals surface area contributed by atoms with E-state index in [0.717, 1.165) is 5.69 Å². The van der Waals surface area contributed by atoms with Crippen LogP contribution in [0.5, 0.6) is 0 Å². The van der Waals surface area contributed by atoms with Gasteiger partial charge in [0.1, 0.15) is 17.3 Å². The molecule has 0 spiro atoms. The van der Waals surface area contributed by atoms with Crippen LogP contribution in [-0.4, -0.2) is 45.6 Å². The summed E-state index contributed by atoms with van der Waals surface area (Å²) < 4.78 is 13.2. The number of carbonyl (C=O) groups is 1. The van der Waals surface area contributed by atoms with Crippen LogP contribution in [0, 0.1) is 5.82 Å². The van der Waals surface area contributed by atoms with Crippen LogP contribution in [0.15, 0.2) is 61.1 Å². The van der Waals surface area contributed by atoms with Gasteiger partial charge in [-0.05, 0) is 42.7 Å². The van der Waals surface area contributed by atoms with Gasteiger partial charge in [0.05, 0.1) is 18.0 Å². The number of amides is 1. The summed E-state index contributed by atoms with van der Waals surface area (Å²) in [5, 5.41) is 13.8. The second-order valence-electron chi connectivity index (χ2n) is 7.62. The van der Waals surface area contributed by atoms with Crippen molar-refractivity contribution in [2.24, 2.45) is 0 Å². The zero-order chi connectivity index (χ0) is 21.7. The first-order valence-corrected chi connectivity index (χ1v) is 10.3. The Morgan fingerprint density at radius 2 is 1.90 bits per heavy atom. The molecule has 0 bridgehead atoms. The van der Waals surface area contributed by atoms with Crippen LogP contribution in [0.1, 0.15) is 34.6 Å². The van der Waals surface area contributed by atoms with E-state index in [9.17, 15) is 14.3 Å². The van der Waals surface area contributed by atoms with Crippen LogP contribution < -0.4 is 10.2 Å². The zero-order valence-corrected chi connectivity index (χ0v) is 17.0. The van der Waals surface area contributed by atoms with Crippen LogP contribution in [-0.2, 0) is 12.0 Å². The van der Waals surface area contributed by atoms with E-state index in [1.807, 2.05) is 23.1 Å². The Labute approximate surface area is 180 Å². The predicted molar refractivity (Wildman–Crippen MR) is 114 cm³/mol. The number of pyridine rings is 1. The topological polar surface area (TPSA) is 91.2 Å². The summed E-state index contributed by atoms with van der Waals surface area (Å²) >= 11 is 0. The number of rotatable bonds is 6. The Kier molecular flexibility index (Phi) is 6.18. The summed E-state index contributed by atoms with van der Waals surface area (Å²) in [6.45, 7) is 1.55. The number of halogens is 1. The van der Waals surface area contributed by atoms with Crippen molar-refractivity contribution >= 4 is 11.7 Å². The summed E-state index contributed by atoms with van der Waals surface area (Å²) in [6.07, 6.45) is 6.36. The minimum absolute atomic E-state index is 0.248. The monoisotopic (exact) mass is 421 g/mol. The molecule has 3 aromatic rings. The molecule has 1 aliphatic rings. The van der Waals surface area contributed by atoms with Gasteiger partial charge in [-0.25, -0.2) is 9.37 Å². The fourth-order valence-electron chi connectivity index (χ4n) is 3.71. The average Bonchev–Trinajstić information content (AvgIpc) is 2.81. The highest BCUT2D eigenvalue weighted by atomic mass is 19.1. The molecule has 0 atom stereocenters. The van der Waals surface area contributed by atoms with E-state index in [-0.39, 0.29) is 17.4 Å². The molecule has 31 heavy (non-hydrogen) atoms. The van der Waals surface area contributed by atoms with Gasteiger partial charge in [0, 0.05) is 37.9 Å². The van der Waals surface area contributed by atoms with Gasteiger partial charge < -0.3 is 15.3 Å². The first-order valence-electron chi connectivity index (χ1n) is 10.3. The SMILES string of the molecule is O=C(NCCc1ccccn1)c1cncc(N2CCC(O)(c3ccc(F)cc3)CC2)n1. The van der Waals surface area contributed by atoms with Crippen molar-refractivity contribution in [3.05, 3.63) is 83.8 Å². The third kappa shape index (κ3) is 5.03. The van der Waals surface area contributed by atoms with E-state index in [0.29, 0.717) is 50.3 Å². The van der Waals surface area contributed by atoms with E-state index in [1.165, 1.54) is 18.3 Å². The number of anilines is 1. The smallest absolute Gasteiger partial charge is 0.271 e. The van der Waals surface area contributed by atoms with Gasteiger partial charge >= 0.3 is 0 Å². The van der Waals surface area contributed by atoms with Gasteiger partial charge in [-0.2, -0.15) is 0 Å². The summed E-state index contributed by atoms with van der Waals surface area (Å²) in [6, 6.07) is 11.7. The van der Waals surface area contributed by atoms with Crippen molar-refractivity contribution < 1.29 is 14.3 Å². The highest BCUT2D eigenvalue weighted by molar-refractivity contribution is 5.92. The molecule has 1 saturated heterocycles. The quantitative estimate of drug-likeness (QED) is 0.635. The van der Waals surface area contributed by atoms with Crippen molar-refractivity contribution in [2.45, 2.75) is 24.9 Å². The first kappa shape index (κ1) is 20.9. The second-order valence-corrected chi connectivity index (χ2v) is 7.62. The Morgan fingerprint density at radius 1 is 1.13 bits per heavy atom. The van der Waals surface area contributed by atoms with Crippen molar-refractivity contribution in [3.63, 3.8) is 0 Å². The van der Waals surface area contributed by atoms with Gasteiger partial charge in [-0.3, -0.25) is 14.8 Å². The summed E-state index contributed by atoms with van der Waals surface area (Å²) in [4.78, 5) is 27.3. The number of nitrogens with zero attached hydrogens (tertiary/aromatic N) is 4. The maximum atomic E-state index is 13.2. The molecule has 1 amide bonds. The van der Waals surface area contributed by atoms with Gasteiger partial charge in [-0.15, -0.1) is 0 Å². The average molecular weight is 421 g/mol. The summed E-state index contributed by atoms with van der Waals surface area (Å²) in [7, 11) is 0. The van der Waals surface area contributed by atoms with E-state index in [1.54, 1.807) is 24.5 Å². The molecule has 0 radical (unpaired) electrons. The number of aromatic nitrogens is 3. The van der Waals surface area contributed by atoms with Gasteiger partial charge in [-0.1, -0.05) is 18.2 Å². The van der Waals surface area contributed by atoms with E-state index >= 15 is 0 Å². The van der Waals surface area contributed by atoms with Crippen molar-refractivity contribution in [1.82, 2.24) is 20.3 Å². The Hall–Kier alpha value is -3.39. The molecule has 1 fully saturated rings. The van der Waals surface area contributed by atoms with Gasteiger partial charge in [0.25, 0.3) is 5.91 Å². The van der Waals surface area contributed by atoms with Crippen LogP contribution >= 0.6 is 0 Å². The Balaban J connectivity index is 1.35. The number of piperidine rings is 1. The highest BCUT2D eigenvalue weighted by Gasteiger charge is 2.34. The van der Waals surface area contributed by atoms with Gasteiger partial charge in [0.15, 0.2) is 0 Å². The predicted octanol–water partition coefficient (Wildman–Crippen LogP) is 2.47. The zero-order valence-electron chi connectivity index (χ0n) is 17.0. The van der Waals surface area contributed by atoms with Crippen molar-refractivity contribution in [2.75, 3.05) is 24.5 Å². The standard InChI is InChI=1S/C23H24FN5O2/c24-18-6-4-17(5-7-18)23(31)9-13-29(14-10-23)21-16-25-15-20(28-21)22(30)27-12-8-19-3-1-2-11-26-19/h1-7,11,15-16,31H,8-10,12-14H2,(H,27,30). The normalized spacial score (nSPS) is 15.5. The number of benzene rings is 1. The maximum Gasteiger partial charge on any atom is 0.271 e. The second kappa shape index (κ2) is 9.18. The van der Waals surface area contributed by atoms with E-state index < -0.39 is 5.60 Å². The van der Waals surface area contributed by atoms with E-state index in [2.05, 4.69) is 20.3 Å². The van der Waals surface area contributed by atoms with Crippen LogP contribution in [0.4, 0.5) is 10.2 Å². The molecule has 160 valence electrons. The lowest BCUT2D eigenvalue weighted by Crippen LogP contribution is -2.43. The number of hydrogen-bond donors (Lipinski definition) is 2. The lowest BCUT2D eigenvalue weighted by Gasteiger charge is -2.39. The molecular formula is C23H24FN5O2. The lowest BCUT2D eigenvalue weighted by molar-refractivity contribution is 0.0116. The Bertz CT molecular complexity index is 1020. The maximum absolute atomic E-state index is 13.2. The van der Waals surface area contributed by atoms with Crippen LogP contribution in [0.25, 0.3) is 0 Å². The summed E-state index contributed by atoms with van der Waals surface area (Å²) in [5.41, 5.74) is 0.862. The van der Waals surface area contributed by atoms with Crippen LogP contribution in [0.3, 0.4) is 0 Å². The minimum atomic E-state index is -1.00. The molecule has 0 saturated carbocycles. The van der Waals surface area contributed by atoms with E-state index in [4.69, 9.17) is 0 Å². The van der Waals surface area contributed by atoms with Gasteiger partial charge in [0.2, 0.25) is 0 Å². The molecule has 3 heterocycles. The van der Waals surface area contributed by atoms with Crippen LogP contribution in [0.2, 0.25) is 0 Å². The molecule has 0 aliphatic carbocycles. The third-order valence-corrected chi connectivity index (χ3v) is 5.54. The number of hydrogen-bond acceptors (Lipinski definition) is 6. The molecule has 4 rings (SSSR count). The third-order valence-electron chi connectivity index (χ3n) is 5.54. The highest BCUT2D eigenvalue weighted by Crippen LogP contribution is 2.34. The largest absolute Gasteiger partial charge is 0.385 e. The molecular weight excluding hydrogens is 397 g/mol. The van der Waals surface area contributed by atoms with Crippen molar-refractivity contribution in [3.8, 4) is 0 Å². The molecule has 7 nitrogen and oxygen atoms in total. The number of aliphatic hydroxyl groups is 1. The first-order chi connectivity index (χ1) is 15.0. The molecule has 2 aromatic heterocycles. The Morgan fingerprint density at radius 3 is 2.61 bits per heavy atom. The molecule has 1 aromatic carbocycles. The fourth-order valence-corrected chi connectivity index (χ4v) is 3.71. The molecule has 2 N–H and O–H groups in total. The number of nitrogens with one attached hydrogen (secondary N) is 1. The summed E-state index contributed by atoms with van der Waals surface area (Å²) in [5.74, 6) is -0.0150. The molecule has 0 unspecified atom stereocenters. The lowest BCUT2D eigenvalue weighted by atomic mass is 9.84. The molecule has 1 aliphatic heterocycles. The van der Waals surface area contributed by atoms with Crippen molar-refractivity contribution in [1.29, 1.82) is 0 Å².